The summed E-state index contributed by atoms with van der Waals surface area (Å²) in [6.07, 6.45) is 0.838. The van der Waals surface area contributed by atoms with Gasteiger partial charge in [-0.15, -0.1) is 0 Å². The van der Waals surface area contributed by atoms with Crippen molar-refractivity contribution in [3.05, 3.63) is 34.9 Å². The van der Waals surface area contributed by atoms with Gasteiger partial charge in [0.15, 0.2) is 0 Å². The highest BCUT2D eigenvalue weighted by Gasteiger charge is 2.17. The first-order chi connectivity index (χ1) is 8.84. The fraction of sp³-hybridized carbons (Fsp3) is 0.562. The van der Waals surface area contributed by atoms with Crippen LogP contribution in [-0.2, 0) is 0 Å². The minimum Gasteiger partial charge on any atom is -0.342 e. The summed E-state index contributed by atoms with van der Waals surface area (Å²) >= 11 is 0. The fourth-order valence-electron chi connectivity index (χ4n) is 2.12. The Morgan fingerprint density at radius 2 is 1.79 bits per heavy atom. The highest BCUT2D eigenvalue weighted by molar-refractivity contribution is 5.96. The Balaban J connectivity index is 2.72. The third-order valence-electron chi connectivity index (χ3n) is 3.70. The van der Waals surface area contributed by atoms with Crippen LogP contribution in [0, 0.1) is 19.8 Å². The Morgan fingerprint density at radius 3 is 2.26 bits per heavy atom. The molecule has 1 amide bonds. The standard InChI is InChI=1S/C16H26N2O/c1-11(2)14(17)9-10-18(5)16(19)15-12(3)7-6-8-13(15)4/h6-8,11,14H,9-10,17H2,1-5H3. The maximum Gasteiger partial charge on any atom is 0.254 e. The van der Waals surface area contributed by atoms with Crippen LogP contribution in [0.3, 0.4) is 0 Å². The van der Waals surface area contributed by atoms with E-state index in [9.17, 15) is 4.79 Å². The summed E-state index contributed by atoms with van der Waals surface area (Å²) in [6.45, 7) is 8.88. The predicted molar refractivity (Wildman–Crippen MR) is 80.3 cm³/mol. The molecule has 0 heterocycles. The molecule has 0 saturated heterocycles. The molecule has 3 heteroatoms. The number of rotatable bonds is 5. The van der Waals surface area contributed by atoms with Gasteiger partial charge in [0, 0.05) is 25.2 Å². The van der Waals surface area contributed by atoms with Crippen molar-refractivity contribution in [1.29, 1.82) is 0 Å². The molecule has 1 rings (SSSR count). The van der Waals surface area contributed by atoms with Gasteiger partial charge in [0.1, 0.15) is 0 Å². The van der Waals surface area contributed by atoms with Crippen molar-refractivity contribution in [1.82, 2.24) is 4.90 Å². The molecule has 0 fully saturated rings. The van der Waals surface area contributed by atoms with E-state index in [1.807, 2.05) is 39.1 Å². The number of carbonyl (C=O) groups excluding carboxylic acids is 1. The average Bonchev–Trinajstić information content (AvgIpc) is 2.34. The molecule has 1 atom stereocenters. The van der Waals surface area contributed by atoms with E-state index in [2.05, 4.69) is 13.8 Å². The molecule has 1 aromatic carbocycles. The van der Waals surface area contributed by atoms with Crippen LogP contribution in [0.2, 0.25) is 0 Å². The molecular weight excluding hydrogens is 236 g/mol. The summed E-state index contributed by atoms with van der Waals surface area (Å²) in [5, 5.41) is 0. The van der Waals surface area contributed by atoms with Crippen molar-refractivity contribution < 1.29 is 4.79 Å². The van der Waals surface area contributed by atoms with Crippen molar-refractivity contribution in [3.8, 4) is 0 Å². The largest absolute Gasteiger partial charge is 0.342 e. The van der Waals surface area contributed by atoms with Gasteiger partial charge in [0.05, 0.1) is 0 Å². The molecule has 0 bridgehead atoms. The second kappa shape index (κ2) is 6.71. The van der Waals surface area contributed by atoms with Gasteiger partial charge < -0.3 is 10.6 Å². The Hall–Kier alpha value is -1.35. The number of benzene rings is 1. The first-order valence-corrected chi connectivity index (χ1v) is 6.91. The Labute approximate surface area is 116 Å². The van der Waals surface area contributed by atoms with E-state index in [0.717, 1.165) is 23.1 Å². The molecule has 0 aliphatic rings. The van der Waals surface area contributed by atoms with Gasteiger partial charge in [0.2, 0.25) is 0 Å². The SMILES string of the molecule is Cc1cccc(C)c1C(=O)N(C)CCC(N)C(C)C. The zero-order valence-corrected chi connectivity index (χ0v) is 12.7. The maximum atomic E-state index is 12.5. The Bertz CT molecular complexity index is 420. The van der Waals surface area contributed by atoms with Crippen molar-refractivity contribution in [3.63, 3.8) is 0 Å². The highest BCUT2D eigenvalue weighted by Crippen LogP contribution is 2.16. The van der Waals surface area contributed by atoms with Crippen LogP contribution < -0.4 is 5.73 Å². The van der Waals surface area contributed by atoms with E-state index in [0.29, 0.717) is 12.5 Å². The number of aryl methyl sites for hydroxylation is 2. The molecule has 1 aromatic rings. The first-order valence-electron chi connectivity index (χ1n) is 6.91. The number of hydrogen-bond acceptors (Lipinski definition) is 2. The van der Waals surface area contributed by atoms with E-state index in [1.165, 1.54) is 0 Å². The zero-order chi connectivity index (χ0) is 14.6. The van der Waals surface area contributed by atoms with Crippen LogP contribution in [0.5, 0.6) is 0 Å². The number of hydrogen-bond donors (Lipinski definition) is 1. The molecule has 0 aliphatic carbocycles. The van der Waals surface area contributed by atoms with E-state index >= 15 is 0 Å². The zero-order valence-electron chi connectivity index (χ0n) is 12.7. The third kappa shape index (κ3) is 4.06. The van der Waals surface area contributed by atoms with Crippen molar-refractivity contribution >= 4 is 5.91 Å². The summed E-state index contributed by atoms with van der Waals surface area (Å²) < 4.78 is 0. The minimum absolute atomic E-state index is 0.0894. The van der Waals surface area contributed by atoms with Gasteiger partial charge in [-0.2, -0.15) is 0 Å². The molecule has 106 valence electrons. The lowest BCUT2D eigenvalue weighted by molar-refractivity contribution is 0.0787. The van der Waals surface area contributed by atoms with Gasteiger partial charge in [-0.3, -0.25) is 4.79 Å². The Morgan fingerprint density at radius 1 is 1.26 bits per heavy atom. The monoisotopic (exact) mass is 262 g/mol. The van der Waals surface area contributed by atoms with Crippen LogP contribution >= 0.6 is 0 Å². The lowest BCUT2D eigenvalue weighted by Gasteiger charge is -2.23. The Kier molecular flexibility index (Phi) is 5.55. The van der Waals surface area contributed by atoms with Gasteiger partial charge in [-0.25, -0.2) is 0 Å². The fourth-order valence-corrected chi connectivity index (χ4v) is 2.12. The molecule has 19 heavy (non-hydrogen) atoms. The molecule has 0 radical (unpaired) electrons. The number of carbonyl (C=O) groups is 1. The van der Waals surface area contributed by atoms with Crippen LogP contribution in [-0.4, -0.2) is 30.4 Å². The van der Waals surface area contributed by atoms with Crippen LogP contribution in [0.4, 0.5) is 0 Å². The maximum absolute atomic E-state index is 12.5. The van der Waals surface area contributed by atoms with Crippen molar-refractivity contribution in [2.45, 2.75) is 40.2 Å². The molecule has 0 spiro atoms. The first kappa shape index (κ1) is 15.7. The lowest BCUT2D eigenvalue weighted by atomic mass is 10.0. The normalized spacial score (nSPS) is 12.6. The van der Waals surface area contributed by atoms with Gasteiger partial charge in [0.25, 0.3) is 5.91 Å². The minimum atomic E-state index is 0.0894. The molecule has 0 saturated carbocycles. The number of amides is 1. The predicted octanol–water partition coefficient (Wildman–Crippen LogP) is 2.75. The summed E-state index contributed by atoms with van der Waals surface area (Å²) in [5.74, 6) is 0.537. The van der Waals surface area contributed by atoms with Crippen molar-refractivity contribution in [2.24, 2.45) is 11.7 Å². The van der Waals surface area contributed by atoms with Crippen molar-refractivity contribution in [2.75, 3.05) is 13.6 Å². The quantitative estimate of drug-likeness (QED) is 0.887. The topological polar surface area (TPSA) is 46.3 Å². The molecule has 0 aromatic heterocycles. The number of nitrogens with zero attached hydrogens (tertiary/aromatic N) is 1. The third-order valence-corrected chi connectivity index (χ3v) is 3.70. The summed E-state index contributed by atoms with van der Waals surface area (Å²) in [5.41, 5.74) is 8.91. The molecule has 0 aliphatic heterocycles. The lowest BCUT2D eigenvalue weighted by Crippen LogP contribution is -2.35. The smallest absolute Gasteiger partial charge is 0.254 e. The molecule has 2 N–H and O–H groups in total. The van der Waals surface area contributed by atoms with E-state index in [1.54, 1.807) is 4.90 Å². The molecular formula is C16H26N2O. The van der Waals surface area contributed by atoms with Gasteiger partial charge >= 0.3 is 0 Å². The summed E-state index contributed by atoms with van der Waals surface area (Å²) in [6, 6.07) is 6.09. The molecule has 1 unspecified atom stereocenters. The second-order valence-electron chi connectivity index (χ2n) is 5.69. The van der Waals surface area contributed by atoms with Gasteiger partial charge in [-0.1, -0.05) is 32.0 Å². The van der Waals surface area contributed by atoms with E-state index in [4.69, 9.17) is 5.73 Å². The summed E-state index contributed by atoms with van der Waals surface area (Å²) in [7, 11) is 1.85. The number of nitrogens with two attached hydrogens (primary N) is 1. The average molecular weight is 262 g/mol. The summed E-state index contributed by atoms with van der Waals surface area (Å²) in [4.78, 5) is 14.2. The molecule has 3 nitrogen and oxygen atoms in total. The second-order valence-corrected chi connectivity index (χ2v) is 5.69. The highest BCUT2D eigenvalue weighted by atomic mass is 16.2. The van der Waals surface area contributed by atoms with E-state index in [-0.39, 0.29) is 11.9 Å². The van der Waals surface area contributed by atoms with Gasteiger partial charge in [-0.05, 0) is 37.3 Å². The van der Waals surface area contributed by atoms with Crippen LogP contribution in [0.25, 0.3) is 0 Å². The van der Waals surface area contributed by atoms with Crippen LogP contribution in [0.1, 0.15) is 41.8 Å². The van der Waals surface area contributed by atoms with E-state index < -0.39 is 0 Å². The van der Waals surface area contributed by atoms with Crippen LogP contribution in [0.15, 0.2) is 18.2 Å².